The van der Waals surface area contributed by atoms with Crippen molar-refractivity contribution in [2.24, 2.45) is 0 Å². The fraction of sp³-hybridized carbons (Fsp3) is 0.286. The molecule has 14 heavy (non-hydrogen) atoms. The summed E-state index contributed by atoms with van der Waals surface area (Å²) in [7, 11) is -0.453. The molecule has 0 spiro atoms. The van der Waals surface area contributed by atoms with Crippen molar-refractivity contribution in [1.29, 1.82) is 0 Å². The SMILES string of the molecule is CN(C)NS(=O)(=O)c1ccc(=O)[nH]c1. The van der Waals surface area contributed by atoms with Gasteiger partial charge in [0.25, 0.3) is 10.0 Å². The third kappa shape index (κ3) is 2.66. The van der Waals surface area contributed by atoms with Gasteiger partial charge in [0.1, 0.15) is 0 Å². The first kappa shape index (κ1) is 10.9. The molecule has 1 aromatic heterocycles. The van der Waals surface area contributed by atoms with Crippen LogP contribution in [0.4, 0.5) is 0 Å². The second-order valence-corrected chi connectivity index (χ2v) is 4.54. The average Bonchev–Trinajstić information content (AvgIpc) is 2.02. The molecule has 0 bridgehead atoms. The highest BCUT2D eigenvalue weighted by atomic mass is 32.2. The second kappa shape index (κ2) is 3.91. The molecular weight excluding hydrogens is 206 g/mol. The average molecular weight is 217 g/mol. The van der Waals surface area contributed by atoms with Gasteiger partial charge in [0.05, 0.1) is 4.90 Å². The van der Waals surface area contributed by atoms with Crippen LogP contribution in [0.3, 0.4) is 0 Å². The van der Waals surface area contributed by atoms with E-state index in [2.05, 4.69) is 9.82 Å². The first-order valence-electron chi connectivity index (χ1n) is 3.80. The van der Waals surface area contributed by atoms with Crippen molar-refractivity contribution in [2.75, 3.05) is 14.1 Å². The van der Waals surface area contributed by atoms with Gasteiger partial charge in [-0.05, 0) is 6.07 Å². The molecule has 0 saturated heterocycles. The maximum atomic E-state index is 11.5. The number of aromatic amines is 1. The number of hydrazine groups is 1. The number of sulfonamides is 1. The zero-order valence-electron chi connectivity index (χ0n) is 7.81. The van der Waals surface area contributed by atoms with Crippen molar-refractivity contribution in [3.05, 3.63) is 28.7 Å². The monoisotopic (exact) mass is 217 g/mol. The minimum Gasteiger partial charge on any atom is -0.328 e. The van der Waals surface area contributed by atoms with Crippen LogP contribution in [0.15, 0.2) is 28.0 Å². The highest BCUT2D eigenvalue weighted by Crippen LogP contribution is 2.03. The summed E-state index contributed by atoms with van der Waals surface area (Å²) in [6, 6.07) is 2.40. The van der Waals surface area contributed by atoms with Crippen LogP contribution in [0.5, 0.6) is 0 Å². The summed E-state index contributed by atoms with van der Waals surface area (Å²) in [6.45, 7) is 0. The lowest BCUT2D eigenvalue weighted by Gasteiger charge is -2.11. The van der Waals surface area contributed by atoms with E-state index in [1.54, 1.807) is 14.1 Å². The van der Waals surface area contributed by atoms with Crippen LogP contribution < -0.4 is 10.4 Å². The molecule has 7 heteroatoms. The van der Waals surface area contributed by atoms with Crippen LogP contribution in [0.25, 0.3) is 0 Å². The van der Waals surface area contributed by atoms with Crippen molar-refractivity contribution in [3.8, 4) is 0 Å². The van der Waals surface area contributed by atoms with E-state index in [0.29, 0.717) is 0 Å². The lowest BCUT2D eigenvalue weighted by Crippen LogP contribution is -2.36. The van der Waals surface area contributed by atoms with Crippen LogP contribution >= 0.6 is 0 Å². The fourth-order valence-corrected chi connectivity index (χ4v) is 1.90. The van der Waals surface area contributed by atoms with Gasteiger partial charge in [-0.15, -0.1) is 4.83 Å². The number of aromatic nitrogens is 1. The number of nitrogens with zero attached hydrogens (tertiary/aromatic N) is 1. The molecule has 0 aliphatic rings. The molecule has 0 radical (unpaired) electrons. The van der Waals surface area contributed by atoms with E-state index >= 15 is 0 Å². The van der Waals surface area contributed by atoms with E-state index in [4.69, 9.17) is 0 Å². The highest BCUT2D eigenvalue weighted by Gasteiger charge is 2.13. The highest BCUT2D eigenvalue weighted by molar-refractivity contribution is 7.89. The van der Waals surface area contributed by atoms with Crippen molar-refractivity contribution < 1.29 is 8.42 Å². The quantitative estimate of drug-likeness (QED) is 0.645. The summed E-state index contributed by atoms with van der Waals surface area (Å²) in [5, 5.41) is 1.31. The number of rotatable bonds is 3. The normalized spacial score (nSPS) is 11.9. The second-order valence-electron chi connectivity index (χ2n) is 2.88. The Kier molecular flexibility index (Phi) is 3.04. The van der Waals surface area contributed by atoms with Crippen molar-refractivity contribution in [3.63, 3.8) is 0 Å². The summed E-state index contributed by atoms with van der Waals surface area (Å²) in [5.41, 5.74) is -0.339. The first-order chi connectivity index (χ1) is 6.42. The molecule has 6 nitrogen and oxygen atoms in total. The largest absolute Gasteiger partial charge is 0.328 e. The third-order valence-corrected chi connectivity index (χ3v) is 2.85. The van der Waals surface area contributed by atoms with Crippen LogP contribution in [0.1, 0.15) is 0 Å². The molecule has 1 heterocycles. The number of H-pyrrole nitrogens is 1. The number of hydrogen-bond acceptors (Lipinski definition) is 4. The fourth-order valence-electron chi connectivity index (χ4n) is 0.857. The van der Waals surface area contributed by atoms with Crippen molar-refractivity contribution in [1.82, 2.24) is 14.8 Å². The van der Waals surface area contributed by atoms with E-state index in [9.17, 15) is 13.2 Å². The Morgan fingerprint density at radius 1 is 1.36 bits per heavy atom. The topological polar surface area (TPSA) is 82.3 Å². The van der Waals surface area contributed by atoms with Crippen LogP contribution in [-0.4, -0.2) is 32.5 Å². The Balaban J connectivity index is 3.05. The molecule has 1 aromatic rings. The van der Waals surface area contributed by atoms with Crippen LogP contribution in [-0.2, 0) is 10.0 Å². The summed E-state index contributed by atoms with van der Waals surface area (Å²) < 4.78 is 23.0. The predicted octanol–water partition coefficient (Wildman–Crippen LogP) is -0.870. The zero-order chi connectivity index (χ0) is 10.8. The molecule has 0 saturated carbocycles. The molecule has 0 unspecified atom stereocenters. The molecule has 0 aromatic carbocycles. The van der Waals surface area contributed by atoms with E-state index < -0.39 is 10.0 Å². The first-order valence-corrected chi connectivity index (χ1v) is 5.28. The van der Waals surface area contributed by atoms with Gasteiger partial charge < -0.3 is 4.98 Å². The van der Waals surface area contributed by atoms with E-state index in [1.807, 2.05) is 0 Å². The predicted molar refractivity (Wildman–Crippen MR) is 51.1 cm³/mol. The molecular formula is C7H11N3O3S. The van der Waals surface area contributed by atoms with Gasteiger partial charge in [-0.25, -0.2) is 13.4 Å². The van der Waals surface area contributed by atoms with Crippen LogP contribution in [0, 0.1) is 0 Å². The number of hydrogen-bond donors (Lipinski definition) is 2. The van der Waals surface area contributed by atoms with Gasteiger partial charge in [-0.2, -0.15) is 0 Å². The Bertz CT molecular complexity index is 443. The Labute approximate surface area is 81.6 Å². The van der Waals surface area contributed by atoms with Gasteiger partial charge in [0.15, 0.2) is 0 Å². The number of pyridine rings is 1. The van der Waals surface area contributed by atoms with Crippen LogP contribution in [0.2, 0.25) is 0 Å². The minimum absolute atomic E-state index is 0.0193. The van der Waals surface area contributed by atoms with E-state index in [1.165, 1.54) is 11.1 Å². The van der Waals surface area contributed by atoms with Gasteiger partial charge in [0.2, 0.25) is 5.56 Å². The molecule has 0 fully saturated rings. The smallest absolute Gasteiger partial charge is 0.254 e. The summed E-state index contributed by atoms with van der Waals surface area (Å²) in [6.07, 6.45) is 1.15. The van der Waals surface area contributed by atoms with Gasteiger partial charge in [0, 0.05) is 26.4 Å². The Morgan fingerprint density at radius 2 is 2.00 bits per heavy atom. The summed E-state index contributed by atoms with van der Waals surface area (Å²) in [4.78, 5) is 15.2. The number of nitrogens with one attached hydrogen (secondary N) is 2. The summed E-state index contributed by atoms with van der Waals surface area (Å²) >= 11 is 0. The maximum Gasteiger partial charge on any atom is 0.254 e. The Hall–Kier alpha value is -1.18. The third-order valence-electron chi connectivity index (χ3n) is 1.37. The van der Waals surface area contributed by atoms with Gasteiger partial charge in [-0.1, -0.05) is 0 Å². The minimum atomic E-state index is -3.57. The Morgan fingerprint density at radius 3 is 2.43 bits per heavy atom. The molecule has 2 N–H and O–H groups in total. The lowest BCUT2D eigenvalue weighted by atomic mass is 10.5. The van der Waals surface area contributed by atoms with Gasteiger partial charge >= 0.3 is 0 Å². The molecule has 1 rings (SSSR count). The lowest BCUT2D eigenvalue weighted by molar-refractivity contribution is 0.364. The molecule has 0 amide bonds. The van der Waals surface area contributed by atoms with E-state index in [0.717, 1.165) is 12.3 Å². The van der Waals surface area contributed by atoms with E-state index in [-0.39, 0.29) is 10.5 Å². The molecule has 0 aliphatic carbocycles. The van der Waals surface area contributed by atoms with Crippen molar-refractivity contribution in [2.45, 2.75) is 4.90 Å². The maximum absolute atomic E-state index is 11.5. The van der Waals surface area contributed by atoms with Crippen molar-refractivity contribution >= 4 is 10.0 Å². The zero-order valence-corrected chi connectivity index (χ0v) is 8.63. The summed E-state index contributed by atoms with van der Waals surface area (Å²) in [5.74, 6) is 0. The molecule has 78 valence electrons. The molecule has 0 atom stereocenters. The molecule has 0 aliphatic heterocycles. The standard InChI is InChI=1S/C7H11N3O3S/c1-10(2)9-14(12,13)6-3-4-7(11)8-5-6/h3-5,9H,1-2H3,(H,8,11). The van der Waals surface area contributed by atoms with Gasteiger partial charge in [-0.3, -0.25) is 4.79 Å².